The Hall–Kier alpha value is -0.0700. The van der Waals surface area contributed by atoms with Gasteiger partial charge in [0.05, 0.1) is 6.61 Å². The third-order valence-corrected chi connectivity index (χ3v) is 3.62. The number of hydrogen-bond donors (Lipinski definition) is 0. The molecule has 1 nitrogen and oxygen atoms in total. The minimum atomic E-state index is -4.27. The molecule has 1 aromatic rings. The van der Waals surface area contributed by atoms with E-state index in [1.165, 1.54) is 0 Å². The summed E-state index contributed by atoms with van der Waals surface area (Å²) in [6.07, 6.45) is -4.27. The number of alkyl halides is 4. The lowest BCUT2D eigenvalue weighted by Crippen LogP contribution is -2.20. The van der Waals surface area contributed by atoms with Crippen LogP contribution in [0.4, 0.5) is 13.2 Å². The first-order chi connectivity index (χ1) is 7.94. The van der Waals surface area contributed by atoms with E-state index in [0.29, 0.717) is 5.33 Å². The Bertz CT molecular complexity index is 355. The lowest BCUT2D eigenvalue weighted by molar-refractivity contribution is -0.174. The van der Waals surface area contributed by atoms with Crippen LogP contribution in [0.2, 0.25) is 0 Å². The third kappa shape index (κ3) is 5.40. The largest absolute Gasteiger partial charge is 0.411 e. The molecule has 0 aliphatic heterocycles. The Labute approximate surface area is 115 Å². The highest BCUT2D eigenvalue weighted by Gasteiger charge is 2.28. The molecular weight excluding hydrogens is 365 g/mol. The molecule has 0 heterocycles. The predicted molar refractivity (Wildman–Crippen MR) is 67.6 cm³/mol. The minimum absolute atomic E-state index is 0.0351. The first-order valence-corrected chi connectivity index (χ1v) is 6.80. The standard InChI is InChI=1S/C11H11Br2F3O/c12-5-8(6-17-7-11(14,15)16)9-3-1-2-4-10(9)13/h1-4,8H,5-7H2. The number of benzene rings is 1. The van der Waals surface area contributed by atoms with Crippen molar-refractivity contribution in [2.24, 2.45) is 0 Å². The molecule has 0 saturated heterocycles. The first kappa shape index (κ1) is 15.0. The van der Waals surface area contributed by atoms with Crippen molar-refractivity contribution in [2.45, 2.75) is 12.1 Å². The Morgan fingerprint density at radius 2 is 1.88 bits per heavy atom. The van der Waals surface area contributed by atoms with Crippen LogP contribution in [0.15, 0.2) is 28.7 Å². The molecule has 1 atom stereocenters. The van der Waals surface area contributed by atoms with Gasteiger partial charge >= 0.3 is 6.18 Å². The molecule has 1 unspecified atom stereocenters. The summed E-state index contributed by atoms with van der Waals surface area (Å²) < 4.78 is 41.4. The summed E-state index contributed by atoms with van der Waals surface area (Å²) in [6.45, 7) is -1.17. The van der Waals surface area contributed by atoms with Gasteiger partial charge < -0.3 is 4.74 Å². The minimum Gasteiger partial charge on any atom is -0.371 e. The molecule has 0 N–H and O–H groups in total. The van der Waals surface area contributed by atoms with E-state index in [1.807, 2.05) is 24.3 Å². The van der Waals surface area contributed by atoms with Crippen LogP contribution in [-0.2, 0) is 4.74 Å². The number of halogens is 5. The van der Waals surface area contributed by atoms with Crippen LogP contribution < -0.4 is 0 Å². The summed E-state index contributed by atoms with van der Waals surface area (Å²) in [4.78, 5) is 0. The smallest absolute Gasteiger partial charge is 0.371 e. The number of ether oxygens (including phenoxy) is 1. The Kier molecular flexibility index (Phi) is 5.95. The molecule has 17 heavy (non-hydrogen) atoms. The summed E-state index contributed by atoms with van der Waals surface area (Å²) in [7, 11) is 0. The maximum atomic E-state index is 11.9. The molecule has 0 amide bonds. The molecule has 1 aromatic carbocycles. The van der Waals surface area contributed by atoms with Crippen molar-refractivity contribution in [1.82, 2.24) is 0 Å². The van der Waals surface area contributed by atoms with Crippen LogP contribution in [-0.4, -0.2) is 24.7 Å². The second-order valence-corrected chi connectivity index (χ2v) is 5.00. The molecule has 1 rings (SSSR count). The quantitative estimate of drug-likeness (QED) is 0.688. The van der Waals surface area contributed by atoms with Gasteiger partial charge in [0, 0.05) is 15.7 Å². The second-order valence-electron chi connectivity index (χ2n) is 3.50. The molecule has 0 spiro atoms. The molecular formula is C11H11Br2F3O. The highest BCUT2D eigenvalue weighted by atomic mass is 79.9. The van der Waals surface area contributed by atoms with E-state index in [-0.39, 0.29) is 12.5 Å². The van der Waals surface area contributed by atoms with Crippen LogP contribution in [0.1, 0.15) is 11.5 Å². The second kappa shape index (κ2) is 6.75. The van der Waals surface area contributed by atoms with Gasteiger partial charge in [-0.2, -0.15) is 13.2 Å². The van der Waals surface area contributed by atoms with Gasteiger partial charge in [-0.3, -0.25) is 0 Å². The number of rotatable bonds is 5. The van der Waals surface area contributed by atoms with Crippen molar-refractivity contribution in [3.8, 4) is 0 Å². The van der Waals surface area contributed by atoms with E-state index < -0.39 is 12.8 Å². The van der Waals surface area contributed by atoms with E-state index in [1.54, 1.807) is 0 Å². The van der Waals surface area contributed by atoms with Gasteiger partial charge in [0.15, 0.2) is 0 Å². The lowest BCUT2D eigenvalue weighted by atomic mass is 10.0. The molecule has 0 aliphatic rings. The SMILES string of the molecule is FC(F)(F)COCC(CBr)c1ccccc1Br. The van der Waals surface area contributed by atoms with E-state index >= 15 is 0 Å². The Morgan fingerprint density at radius 1 is 1.24 bits per heavy atom. The average molecular weight is 376 g/mol. The Morgan fingerprint density at radius 3 is 2.41 bits per heavy atom. The molecule has 0 aromatic heterocycles. The predicted octanol–water partition coefficient (Wildman–Crippen LogP) is 4.51. The topological polar surface area (TPSA) is 9.23 Å². The third-order valence-electron chi connectivity index (χ3n) is 2.12. The zero-order valence-corrected chi connectivity index (χ0v) is 12.0. The van der Waals surface area contributed by atoms with Gasteiger partial charge in [-0.15, -0.1) is 0 Å². The summed E-state index contributed by atoms with van der Waals surface area (Å²) in [5, 5.41) is 0.549. The normalized spacial score (nSPS) is 13.7. The van der Waals surface area contributed by atoms with Crippen LogP contribution in [0, 0.1) is 0 Å². The van der Waals surface area contributed by atoms with Crippen LogP contribution in [0.3, 0.4) is 0 Å². The van der Waals surface area contributed by atoms with Gasteiger partial charge in [-0.1, -0.05) is 50.1 Å². The van der Waals surface area contributed by atoms with Gasteiger partial charge in [-0.25, -0.2) is 0 Å². The molecule has 6 heteroatoms. The molecule has 0 fully saturated rings. The summed E-state index contributed by atoms with van der Waals surface area (Å²) >= 11 is 6.66. The average Bonchev–Trinajstić information content (AvgIpc) is 2.24. The van der Waals surface area contributed by atoms with Crippen molar-refractivity contribution in [3.63, 3.8) is 0 Å². The molecule has 0 aliphatic carbocycles. The summed E-state index contributed by atoms with van der Waals surface area (Å²) in [5.74, 6) is -0.104. The monoisotopic (exact) mass is 374 g/mol. The van der Waals surface area contributed by atoms with Crippen molar-refractivity contribution in [2.75, 3.05) is 18.5 Å². The molecule has 0 bridgehead atoms. The van der Waals surface area contributed by atoms with E-state index in [2.05, 4.69) is 36.6 Å². The van der Waals surface area contributed by atoms with E-state index in [4.69, 9.17) is 0 Å². The van der Waals surface area contributed by atoms with Crippen LogP contribution >= 0.6 is 31.9 Å². The summed E-state index contributed by atoms with van der Waals surface area (Å²) in [6, 6.07) is 7.43. The highest BCUT2D eigenvalue weighted by Crippen LogP contribution is 2.27. The van der Waals surface area contributed by atoms with E-state index in [9.17, 15) is 13.2 Å². The number of hydrogen-bond acceptors (Lipinski definition) is 1. The molecule has 96 valence electrons. The fraction of sp³-hybridized carbons (Fsp3) is 0.455. The zero-order chi connectivity index (χ0) is 12.9. The fourth-order valence-electron chi connectivity index (χ4n) is 1.34. The van der Waals surface area contributed by atoms with Crippen molar-refractivity contribution >= 4 is 31.9 Å². The van der Waals surface area contributed by atoms with Crippen molar-refractivity contribution in [3.05, 3.63) is 34.3 Å². The maximum absolute atomic E-state index is 11.9. The maximum Gasteiger partial charge on any atom is 0.411 e. The zero-order valence-electron chi connectivity index (χ0n) is 8.81. The van der Waals surface area contributed by atoms with Gasteiger partial charge in [-0.05, 0) is 11.6 Å². The Balaban J connectivity index is 2.58. The van der Waals surface area contributed by atoms with Crippen LogP contribution in [0.25, 0.3) is 0 Å². The molecule has 0 saturated carbocycles. The van der Waals surface area contributed by atoms with Gasteiger partial charge in [0.25, 0.3) is 0 Å². The summed E-state index contributed by atoms with van der Waals surface area (Å²) in [5.41, 5.74) is 0.937. The highest BCUT2D eigenvalue weighted by molar-refractivity contribution is 9.10. The first-order valence-electron chi connectivity index (χ1n) is 4.89. The van der Waals surface area contributed by atoms with E-state index in [0.717, 1.165) is 10.0 Å². The fourth-order valence-corrected chi connectivity index (χ4v) is 2.48. The van der Waals surface area contributed by atoms with Gasteiger partial charge in [0.1, 0.15) is 6.61 Å². The lowest BCUT2D eigenvalue weighted by Gasteiger charge is -2.17. The van der Waals surface area contributed by atoms with Gasteiger partial charge in [0.2, 0.25) is 0 Å². The van der Waals surface area contributed by atoms with Crippen molar-refractivity contribution in [1.29, 1.82) is 0 Å². The molecule has 0 radical (unpaired) electrons. The van der Waals surface area contributed by atoms with Crippen molar-refractivity contribution < 1.29 is 17.9 Å². The van der Waals surface area contributed by atoms with Crippen LogP contribution in [0.5, 0.6) is 0 Å².